The molecular formula is C18H19NO4. The Bertz CT molecular complexity index is 746. The molecule has 120 valence electrons. The van der Waals surface area contributed by atoms with E-state index in [2.05, 4.69) is 11.9 Å². The van der Waals surface area contributed by atoms with E-state index in [1.54, 1.807) is 12.3 Å². The lowest BCUT2D eigenvalue weighted by Gasteiger charge is -2.11. The summed E-state index contributed by atoms with van der Waals surface area (Å²) in [7, 11) is 0. The molecular weight excluding hydrogens is 294 g/mol. The molecule has 0 aliphatic rings. The minimum atomic E-state index is 0.308. The Morgan fingerprint density at radius 1 is 1.04 bits per heavy atom. The van der Waals surface area contributed by atoms with E-state index in [1.165, 1.54) is 0 Å². The quantitative estimate of drug-likeness (QED) is 0.637. The molecule has 1 aromatic carbocycles. The third-order valence-corrected chi connectivity index (χ3v) is 3.30. The van der Waals surface area contributed by atoms with Gasteiger partial charge in [-0.15, -0.1) is 0 Å². The van der Waals surface area contributed by atoms with Crippen molar-refractivity contribution in [2.45, 2.75) is 26.9 Å². The molecule has 0 saturated carbocycles. The molecule has 5 heteroatoms. The molecule has 0 atom stereocenters. The molecule has 2 heterocycles. The van der Waals surface area contributed by atoms with Gasteiger partial charge in [0.25, 0.3) is 5.89 Å². The van der Waals surface area contributed by atoms with Gasteiger partial charge in [0.1, 0.15) is 18.1 Å². The second-order valence-corrected chi connectivity index (χ2v) is 5.08. The zero-order valence-corrected chi connectivity index (χ0v) is 13.2. The van der Waals surface area contributed by atoms with E-state index in [4.69, 9.17) is 18.3 Å². The first kappa shape index (κ1) is 15.2. The van der Waals surface area contributed by atoms with Crippen LogP contribution < -0.4 is 9.47 Å². The molecule has 0 aliphatic carbocycles. The summed E-state index contributed by atoms with van der Waals surface area (Å²) in [5.41, 5.74) is 0.738. The normalized spacial score (nSPS) is 10.7. The Morgan fingerprint density at radius 3 is 2.52 bits per heavy atom. The molecule has 0 N–H and O–H groups in total. The van der Waals surface area contributed by atoms with Crippen LogP contribution in [0.5, 0.6) is 11.5 Å². The van der Waals surface area contributed by atoms with Crippen LogP contribution in [-0.4, -0.2) is 11.6 Å². The second kappa shape index (κ2) is 7.05. The summed E-state index contributed by atoms with van der Waals surface area (Å²) in [4.78, 5) is 4.43. The molecule has 0 spiro atoms. The van der Waals surface area contributed by atoms with Crippen LogP contribution >= 0.6 is 0 Å². The van der Waals surface area contributed by atoms with Crippen molar-refractivity contribution in [3.05, 3.63) is 54.1 Å². The summed E-state index contributed by atoms with van der Waals surface area (Å²) in [5.74, 6) is 3.21. The largest absolute Gasteiger partial charge is 0.490 e. The van der Waals surface area contributed by atoms with Crippen LogP contribution in [0.15, 0.2) is 51.5 Å². The highest BCUT2D eigenvalue weighted by Gasteiger charge is 2.14. The summed E-state index contributed by atoms with van der Waals surface area (Å²) in [6.07, 6.45) is 2.54. The van der Waals surface area contributed by atoms with Crippen molar-refractivity contribution >= 4 is 0 Å². The number of furan rings is 1. The maximum absolute atomic E-state index is 5.85. The maximum Gasteiger partial charge on any atom is 0.263 e. The topological polar surface area (TPSA) is 57.6 Å². The van der Waals surface area contributed by atoms with E-state index in [0.717, 1.165) is 17.9 Å². The fourth-order valence-corrected chi connectivity index (χ4v) is 2.11. The van der Waals surface area contributed by atoms with E-state index in [9.17, 15) is 0 Å². The fourth-order valence-electron chi connectivity index (χ4n) is 2.11. The van der Waals surface area contributed by atoms with Gasteiger partial charge in [0, 0.05) is 0 Å². The number of aromatic nitrogens is 1. The zero-order valence-electron chi connectivity index (χ0n) is 13.2. The van der Waals surface area contributed by atoms with Crippen LogP contribution in [0.25, 0.3) is 11.7 Å². The van der Waals surface area contributed by atoms with E-state index in [1.807, 2.05) is 37.3 Å². The summed E-state index contributed by atoms with van der Waals surface area (Å²) in [6, 6.07) is 11.2. The molecule has 0 aliphatic heterocycles. The number of nitrogens with zero attached hydrogens (tertiary/aromatic N) is 1. The van der Waals surface area contributed by atoms with Crippen molar-refractivity contribution in [3.63, 3.8) is 0 Å². The number of aryl methyl sites for hydroxylation is 1. The third kappa shape index (κ3) is 3.56. The van der Waals surface area contributed by atoms with Crippen molar-refractivity contribution in [1.82, 2.24) is 4.98 Å². The highest BCUT2D eigenvalue weighted by molar-refractivity contribution is 5.45. The molecule has 0 radical (unpaired) electrons. The third-order valence-electron chi connectivity index (χ3n) is 3.30. The predicted molar refractivity (Wildman–Crippen MR) is 85.5 cm³/mol. The Morgan fingerprint density at radius 2 is 1.83 bits per heavy atom. The summed E-state index contributed by atoms with van der Waals surface area (Å²) >= 11 is 0. The molecule has 5 nitrogen and oxygen atoms in total. The van der Waals surface area contributed by atoms with Crippen LogP contribution in [0.2, 0.25) is 0 Å². The molecule has 2 aromatic heterocycles. The first-order valence-corrected chi connectivity index (χ1v) is 7.62. The molecule has 0 fully saturated rings. The fraction of sp³-hybridized carbons (Fsp3) is 0.278. The van der Waals surface area contributed by atoms with Gasteiger partial charge in [-0.2, -0.15) is 0 Å². The summed E-state index contributed by atoms with van der Waals surface area (Å²) in [6.45, 7) is 4.89. The number of para-hydroxylation sites is 2. The van der Waals surface area contributed by atoms with Gasteiger partial charge >= 0.3 is 0 Å². The van der Waals surface area contributed by atoms with Crippen LogP contribution in [0.1, 0.15) is 24.8 Å². The standard InChI is InChI=1S/C18H19NO4/c1-3-10-20-15-7-4-5-8-16(15)22-12-14-13(2)23-18(19-14)17-9-6-11-21-17/h4-9,11H,3,10,12H2,1-2H3. The van der Waals surface area contributed by atoms with E-state index in [-0.39, 0.29) is 0 Å². The van der Waals surface area contributed by atoms with Crippen molar-refractivity contribution < 1.29 is 18.3 Å². The minimum Gasteiger partial charge on any atom is -0.490 e. The molecule has 0 unspecified atom stereocenters. The van der Waals surface area contributed by atoms with E-state index in [0.29, 0.717) is 36.4 Å². The Labute approximate surface area is 134 Å². The zero-order chi connectivity index (χ0) is 16.1. The van der Waals surface area contributed by atoms with Gasteiger partial charge in [-0.05, 0) is 37.6 Å². The van der Waals surface area contributed by atoms with Gasteiger partial charge in [-0.3, -0.25) is 0 Å². The Balaban J connectivity index is 1.71. The van der Waals surface area contributed by atoms with E-state index >= 15 is 0 Å². The molecule has 0 saturated heterocycles. The number of benzene rings is 1. The van der Waals surface area contributed by atoms with Crippen molar-refractivity contribution in [3.8, 4) is 23.1 Å². The van der Waals surface area contributed by atoms with E-state index < -0.39 is 0 Å². The minimum absolute atomic E-state index is 0.308. The highest BCUT2D eigenvalue weighted by atomic mass is 16.5. The number of oxazole rings is 1. The smallest absolute Gasteiger partial charge is 0.263 e. The van der Waals surface area contributed by atoms with Crippen LogP contribution in [0, 0.1) is 6.92 Å². The Kier molecular flexibility index (Phi) is 4.66. The number of hydrogen-bond donors (Lipinski definition) is 0. The molecule has 0 amide bonds. The van der Waals surface area contributed by atoms with Crippen molar-refractivity contribution in [1.29, 1.82) is 0 Å². The van der Waals surface area contributed by atoms with Gasteiger partial charge in [0.2, 0.25) is 0 Å². The van der Waals surface area contributed by atoms with Gasteiger partial charge < -0.3 is 18.3 Å². The highest BCUT2D eigenvalue weighted by Crippen LogP contribution is 2.28. The van der Waals surface area contributed by atoms with Crippen LogP contribution in [0.3, 0.4) is 0 Å². The SMILES string of the molecule is CCCOc1ccccc1OCc1nc(-c2ccco2)oc1C. The monoisotopic (exact) mass is 313 g/mol. The van der Waals surface area contributed by atoms with Crippen LogP contribution in [-0.2, 0) is 6.61 Å². The second-order valence-electron chi connectivity index (χ2n) is 5.08. The number of ether oxygens (including phenoxy) is 2. The maximum atomic E-state index is 5.85. The van der Waals surface area contributed by atoms with Gasteiger partial charge in [-0.1, -0.05) is 19.1 Å². The lowest BCUT2D eigenvalue weighted by Crippen LogP contribution is -2.01. The molecule has 0 bridgehead atoms. The Hall–Kier alpha value is -2.69. The first-order chi connectivity index (χ1) is 11.3. The summed E-state index contributed by atoms with van der Waals surface area (Å²) in [5, 5.41) is 0. The van der Waals surface area contributed by atoms with Crippen LogP contribution in [0.4, 0.5) is 0 Å². The van der Waals surface area contributed by atoms with Gasteiger partial charge in [0.05, 0.1) is 12.9 Å². The number of hydrogen-bond acceptors (Lipinski definition) is 5. The molecule has 23 heavy (non-hydrogen) atoms. The van der Waals surface area contributed by atoms with Gasteiger partial charge in [0.15, 0.2) is 17.3 Å². The summed E-state index contributed by atoms with van der Waals surface area (Å²) < 4.78 is 22.5. The first-order valence-electron chi connectivity index (χ1n) is 7.62. The average Bonchev–Trinajstić information content (AvgIpc) is 3.21. The van der Waals surface area contributed by atoms with Crippen molar-refractivity contribution in [2.75, 3.05) is 6.61 Å². The lowest BCUT2D eigenvalue weighted by atomic mass is 10.3. The lowest BCUT2D eigenvalue weighted by molar-refractivity contribution is 0.258. The predicted octanol–water partition coefficient (Wildman–Crippen LogP) is 4.61. The average molecular weight is 313 g/mol. The number of rotatable bonds is 7. The molecule has 3 aromatic rings. The molecule has 3 rings (SSSR count). The van der Waals surface area contributed by atoms with Gasteiger partial charge in [-0.25, -0.2) is 4.98 Å². The van der Waals surface area contributed by atoms with Crippen molar-refractivity contribution in [2.24, 2.45) is 0 Å².